The molecular weight excluding hydrogens is 275 g/mol. The first-order valence-electron chi connectivity index (χ1n) is 4.74. The van der Waals surface area contributed by atoms with E-state index in [1.54, 1.807) is 19.2 Å². The normalized spacial score (nSPS) is 12.8. The Hall–Kier alpha value is -1.20. The Morgan fingerprint density at radius 1 is 1.50 bits per heavy atom. The average Bonchev–Trinajstić information content (AvgIpc) is 2.66. The van der Waals surface area contributed by atoms with Crippen LogP contribution in [0.5, 0.6) is 0 Å². The molecule has 0 aliphatic rings. The van der Waals surface area contributed by atoms with Crippen LogP contribution in [0.15, 0.2) is 33.3 Å². The lowest BCUT2D eigenvalue weighted by molar-refractivity contribution is 0.473. The summed E-state index contributed by atoms with van der Waals surface area (Å²) in [7, 11) is 0. The number of halogens is 2. The second kappa shape index (κ2) is 4.35. The molecular formula is C11H10BrFN2O. The molecule has 0 bridgehead atoms. The van der Waals surface area contributed by atoms with E-state index in [-0.39, 0.29) is 11.9 Å². The average molecular weight is 285 g/mol. The van der Waals surface area contributed by atoms with Gasteiger partial charge >= 0.3 is 0 Å². The summed E-state index contributed by atoms with van der Waals surface area (Å²) >= 11 is 3.27. The minimum absolute atomic E-state index is 0.257. The molecule has 0 fully saturated rings. The van der Waals surface area contributed by atoms with Gasteiger partial charge in [-0.1, -0.05) is 0 Å². The van der Waals surface area contributed by atoms with Crippen molar-refractivity contribution in [3.8, 4) is 11.3 Å². The van der Waals surface area contributed by atoms with Crippen LogP contribution in [0.4, 0.5) is 4.39 Å². The fourth-order valence-corrected chi connectivity index (χ4v) is 1.86. The van der Waals surface area contributed by atoms with Crippen LogP contribution in [0, 0.1) is 5.82 Å². The molecule has 16 heavy (non-hydrogen) atoms. The predicted molar refractivity (Wildman–Crippen MR) is 62.2 cm³/mol. The molecule has 0 aliphatic carbocycles. The zero-order valence-electron chi connectivity index (χ0n) is 8.58. The molecule has 0 radical (unpaired) electrons. The van der Waals surface area contributed by atoms with Crippen molar-refractivity contribution in [1.82, 2.24) is 4.98 Å². The lowest BCUT2D eigenvalue weighted by atomic mass is 10.2. The van der Waals surface area contributed by atoms with Crippen molar-refractivity contribution in [2.45, 2.75) is 13.0 Å². The first-order chi connectivity index (χ1) is 7.58. The highest BCUT2D eigenvalue weighted by atomic mass is 79.9. The summed E-state index contributed by atoms with van der Waals surface area (Å²) in [6, 6.07) is 4.12. The van der Waals surface area contributed by atoms with Gasteiger partial charge in [0.05, 0.1) is 12.2 Å². The molecule has 0 saturated carbocycles. The van der Waals surface area contributed by atoms with Gasteiger partial charge in [-0.15, -0.1) is 0 Å². The maximum absolute atomic E-state index is 12.9. The fourth-order valence-electron chi connectivity index (χ4n) is 1.31. The van der Waals surface area contributed by atoms with Crippen LogP contribution in [0.25, 0.3) is 11.3 Å². The van der Waals surface area contributed by atoms with Crippen molar-refractivity contribution in [3.05, 3.63) is 40.6 Å². The Balaban J connectivity index is 2.42. The zero-order valence-corrected chi connectivity index (χ0v) is 10.2. The van der Waals surface area contributed by atoms with Gasteiger partial charge in [0.2, 0.25) is 5.89 Å². The van der Waals surface area contributed by atoms with E-state index in [1.165, 1.54) is 12.1 Å². The fraction of sp³-hybridized carbons (Fsp3) is 0.182. The van der Waals surface area contributed by atoms with E-state index in [4.69, 9.17) is 10.2 Å². The van der Waals surface area contributed by atoms with Gasteiger partial charge in [-0.05, 0) is 41.1 Å². The molecule has 84 valence electrons. The molecule has 1 unspecified atom stereocenters. The minimum atomic E-state index is -0.303. The highest BCUT2D eigenvalue weighted by Crippen LogP contribution is 2.30. The lowest BCUT2D eigenvalue weighted by Gasteiger charge is -2.01. The Morgan fingerprint density at radius 3 is 2.81 bits per heavy atom. The molecule has 2 aromatic rings. The van der Waals surface area contributed by atoms with Gasteiger partial charge in [-0.25, -0.2) is 9.37 Å². The number of nitrogens with two attached hydrogens (primary N) is 1. The minimum Gasteiger partial charge on any atom is -0.439 e. The first-order valence-corrected chi connectivity index (χ1v) is 5.54. The second-order valence-corrected chi connectivity index (χ2v) is 4.33. The van der Waals surface area contributed by atoms with Gasteiger partial charge < -0.3 is 10.2 Å². The zero-order chi connectivity index (χ0) is 11.7. The SMILES string of the molecule is CC(N)c1ncc(-c2ccc(F)cc2Br)o1. The number of benzene rings is 1. The smallest absolute Gasteiger partial charge is 0.211 e. The van der Waals surface area contributed by atoms with Crippen molar-refractivity contribution >= 4 is 15.9 Å². The third kappa shape index (κ3) is 2.15. The summed E-state index contributed by atoms with van der Waals surface area (Å²) < 4.78 is 19.0. The maximum Gasteiger partial charge on any atom is 0.211 e. The van der Waals surface area contributed by atoms with Crippen LogP contribution >= 0.6 is 15.9 Å². The van der Waals surface area contributed by atoms with E-state index >= 15 is 0 Å². The third-order valence-electron chi connectivity index (χ3n) is 2.11. The maximum atomic E-state index is 12.9. The topological polar surface area (TPSA) is 52.0 Å². The number of nitrogens with zero attached hydrogens (tertiary/aromatic N) is 1. The molecule has 1 heterocycles. The van der Waals surface area contributed by atoms with Gasteiger partial charge in [0.1, 0.15) is 5.82 Å². The Labute approximate surface area is 101 Å². The third-order valence-corrected chi connectivity index (χ3v) is 2.77. The van der Waals surface area contributed by atoms with Crippen LogP contribution in [0.1, 0.15) is 18.9 Å². The Bertz CT molecular complexity index is 510. The highest BCUT2D eigenvalue weighted by Gasteiger charge is 2.12. The lowest BCUT2D eigenvalue weighted by Crippen LogP contribution is -2.04. The molecule has 0 amide bonds. The number of oxazole rings is 1. The van der Waals surface area contributed by atoms with E-state index in [9.17, 15) is 4.39 Å². The van der Waals surface area contributed by atoms with E-state index in [0.29, 0.717) is 16.1 Å². The molecule has 5 heteroatoms. The molecule has 3 nitrogen and oxygen atoms in total. The van der Waals surface area contributed by atoms with Crippen molar-refractivity contribution in [3.63, 3.8) is 0 Å². The molecule has 1 aromatic carbocycles. The number of rotatable bonds is 2. The van der Waals surface area contributed by atoms with Gasteiger partial charge in [0.25, 0.3) is 0 Å². The number of hydrogen-bond donors (Lipinski definition) is 1. The number of aromatic nitrogens is 1. The quantitative estimate of drug-likeness (QED) is 0.921. The van der Waals surface area contributed by atoms with Gasteiger partial charge in [-0.3, -0.25) is 0 Å². The second-order valence-electron chi connectivity index (χ2n) is 3.48. The molecule has 1 aromatic heterocycles. The first kappa shape index (κ1) is 11.3. The summed E-state index contributed by atoms with van der Waals surface area (Å²) in [5.41, 5.74) is 6.39. The van der Waals surface area contributed by atoms with Crippen molar-refractivity contribution in [1.29, 1.82) is 0 Å². The summed E-state index contributed by atoms with van der Waals surface area (Å²) in [6.45, 7) is 1.79. The van der Waals surface area contributed by atoms with Gasteiger partial charge in [0, 0.05) is 10.0 Å². The summed E-state index contributed by atoms with van der Waals surface area (Å²) in [4.78, 5) is 4.05. The summed E-state index contributed by atoms with van der Waals surface area (Å²) in [5, 5.41) is 0. The monoisotopic (exact) mass is 284 g/mol. The van der Waals surface area contributed by atoms with Crippen LogP contribution in [0.2, 0.25) is 0 Å². The van der Waals surface area contributed by atoms with Gasteiger partial charge in [-0.2, -0.15) is 0 Å². The van der Waals surface area contributed by atoms with Crippen molar-refractivity contribution in [2.75, 3.05) is 0 Å². The highest BCUT2D eigenvalue weighted by molar-refractivity contribution is 9.10. The predicted octanol–water partition coefficient (Wildman–Crippen LogP) is 3.26. The standard InChI is InChI=1S/C11H10BrFN2O/c1-6(14)11-15-5-10(16-11)8-3-2-7(13)4-9(8)12/h2-6H,14H2,1H3. The summed E-state index contributed by atoms with van der Waals surface area (Å²) in [6.07, 6.45) is 1.58. The van der Waals surface area contributed by atoms with E-state index in [2.05, 4.69) is 20.9 Å². The Kier molecular flexibility index (Phi) is 3.07. The van der Waals surface area contributed by atoms with Crippen LogP contribution in [0.3, 0.4) is 0 Å². The largest absolute Gasteiger partial charge is 0.439 e. The summed E-state index contributed by atoms with van der Waals surface area (Å²) in [5.74, 6) is 0.730. The van der Waals surface area contributed by atoms with Crippen molar-refractivity contribution in [2.24, 2.45) is 5.73 Å². The molecule has 0 saturated heterocycles. The van der Waals surface area contributed by atoms with Gasteiger partial charge in [0.15, 0.2) is 5.76 Å². The molecule has 2 N–H and O–H groups in total. The molecule has 2 rings (SSSR count). The van der Waals surface area contributed by atoms with Crippen LogP contribution < -0.4 is 5.73 Å². The van der Waals surface area contributed by atoms with Crippen LogP contribution in [-0.4, -0.2) is 4.98 Å². The van der Waals surface area contributed by atoms with E-state index < -0.39 is 0 Å². The molecule has 0 aliphatic heterocycles. The molecule has 1 atom stereocenters. The van der Waals surface area contributed by atoms with E-state index in [0.717, 1.165) is 5.56 Å². The van der Waals surface area contributed by atoms with Crippen molar-refractivity contribution < 1.29 is 8.81 Å². The molecule has 0 spiro atoms. The Morgan fingerprint density at radius 2 is 2.25 bits per heavy atom. The number of hydrogen-bond acceptors (Lipinski definition) is 3. The van der Waals surface area contributed by atoms with E-state index in [1.807, 2.05) is 0 Å². The van der Waals surface area contributed by atoms with Crippen LogP contribution in [-0.2, 0) is 0 Å².